The van der Waals surface area contributed by atoms with E-state index in [1.54, 1.807) is 30.3 Å². The third-order valence-electron chi connectivity index (χ3n) is 4.52. The highest BCUT2D eigenvalue weighted by molar-refractivity contribution is 5.63. The van der Waals surface area contributed by atoms with Gasteiger partial charge in [-0.25, -0.2) is 4.98 Å². The molecule has 1 aromatic heterocycles. The molecule has 0 aliphatic heterocycles. The highest BCUT2D eigenvalue weighted by Crippen LogP contribution is 2.35. The number of rotatable bonds is 9. The number of halogens is 3. The summed E-state index contributed by atoms with van der Waals surface area (Å²) in [6, 6.07) is 14.4. The van der Waals surface area contributed by atoms with E-state index in [0.29, 0.717) is 29.6 Å². The van der Waals surface area contributed by atoms with Gasteiger partial charge in [-0.1, -0.05) is 39.3 Å². The standard InChI is InChI=1S/C24H27F3N4O/c1-4-6-17-7-5-8-19(13-17)29-22-21(24(25,26)27)14-28-23(31-22)30-18-9-11-20(12-10-18)32-15-16(2)3/h5,7-14,16H,4,6,15H2,1-3H3,(H2,28,29,30,31). The largest absolute Gasteiger partial charge is 0.493 e. The third kappa shape index (κ3) is 6.60. The summed E-state index contributed by atoms with van der Waals surface area (Å²) in [7, 11) is 0. The number of benzene rings is 2. The fourth-order valence-electron chi connectivity index (χ4n) is 3.00. The lowest BCUT2D eigenvalue weighted by Gasteiger charge is -2.15. The van der Waals surface area contributed by atoms with Gasteiger partial charge >= 0.3 is 6.18 Å². The molecule has 8 heteroatoms. The Labute approximate surface area is 186 Å². The number of nitrogens with zero attached hydrogens (tertiary/aromatic N) is 2. The zero-order valence-electron chi connectivity index (χ0n) is 18.3. The van der Waals surface area contributed by atoms with E-state index in [1.165, 1.54) is 0 Å². The third-order valence-corrected chi connectivity index (χ3v) is 4.52. The van der Waals surface area contributed by atoms with Crippen LogP contribution in [0.4, 0.5) is 36.3 Å². The lowest BCUT2D eigenvalue weighted by Crippen LogP contribution is -2.12. The van der Waals surface area contributed by atoms with Crippen molar-refractivity contribution in [2.75, 3.05) is 17.2 Å². The molecule has 0 aliphatic rings. The minimum Gasteiger partial charge on any atom is -0.493 e. The molecule has 0 atom stereocenters. The lowest BCUT2D eigenvalue weighted by molar-refractivity contribution is -0.137. The van der Waals surface area contributed by atoms with Crippen LogP contribution in [0.15, 0.2) is 54.7 Å². The van der Waals surface area contributed by atoms with Crippen LogP contribution in [0.2, 0.25) is 0 Å². The second-order valence-corrected chi connectivity index (χ2v) is 7.88. The van der Waals surface area contributed by atoms with Crippen LogP contribution in [0.1, 0.15) is 38.3 Å². The first-order chi connectivity index (χ1) is 15.2. The SMILES string of the molecule is CCCc1cccc(Nc2nc(Nc3ccc(OCC(C)C)cc3)ncc2C(F)(F)F)c1. The van der Waals surface area contributed by atoms with E-state index in [-0.39, 0.29) is 11.8 Å². The molecule has 1 heterocycles. The molecule has 0 spiro atoms. The van der Waals surface area contributed by atoms with Gasteiger partial charge in [-0.2, -0.15) is 18.2 Å². The van der Waals surface area contributed by atoms with E-state index in [1.807, 2.05) is 25.1 Å². The predicted molar refractivity (Wildman–Crippen MR) is 121 cm³/mol. The first kappa shape index (κ1) is 23.4. The Morgan fingerprint density at radius 2 is 1.75 bits per heavy atom. The Morgan fingerprint density at radius 1 is 1.00 bits per heavy atom. The van der Waals surface area contributed by atoms with Crippen LogP contribution in [0.25, 0.3) is 0 Å². The average molecular weight is 445 g/mol. The molecule has 0 amide bonds. The average Bonchev–Trinajstić information content (AvgIpc) is 2.73. The lowest BCUT2D eigenvalue weighted by atomic mass is 10.1. The number of alkyl halides is 3. The summed E-state index contributed by atoms with van der Waals surface area (Å²) in [6.07, 6.45) is -2.01. The molecule has 0 saturated carbocycles. The second kappa shape index (κ2) is 10.3. The topological polar surface area (TPSA) is 59.1 Å². The number of aromatic nitrogens is 2. The van der Waals surface area contributed by atoms with Gasteiger partial charge in [-0.15, -0.1) is 0 Å². The van der Waals surface area contributed by atoms with Crippen LogP contribution in [0, 0.1) is 5.92 Å². The number of ether oxygens (including phenoxy) is 1. The van der Waals surface area contributed by atoms with Crippen molar-refractivity contribution >= 4 is 23.1 Å². The van der Waals surface area contributed by atoms with E-state index in [2.05, 4.69) is 34.4 Å². The van der Waals surface area contributed by atoms with E-state index < -0.39 is 11.7 Å². The van der Waals surface area contributed by atoms with Crippen LogP contribution >= 0.6 is 0 Å². The van der Waals surface area contributed by atoms with Crippen molar-refractivity contribution in [3.63, 3.8) is 0 Å². The minimum atomic E-state index is -4.59. The normalized spacial score (nSPS) is 11.5. The summed E-state index contributed by atoms with van der Waals surface area (Å²) in [6.45, 7) is 6.77. The zero-order valence-corrected chi connectivity index (χ0v) is 18.3. The Balaban J connectivity index is 1.82. The summed E-state index contributed by atoms with van der Waals surface area (Å²) in [5.41, 5.74) is 1.29. The van der Waals surface area contributed by atoms with Crippen LogP contribution in [0.5, 0.6) is 5.75 Å². The van der Waals surface area contributed by atoms with E-state index in [0.717, 1.165) is 24.6 Å². The molecule has 32 heavy (non-hydrogen) atoms. The smallest absolute Gasteiger partial charge is 0.421 e. The highest BCUT2D eigenvalue weighted by Gasteiger charge is 2.35. The van der Waals surface area contributed by atoms with E-state index in [4.69, 9.17) is 4.74 Å². The van der Waals surface area contributed by atoms with Crippen molar-refractivity contribution in [3.8, 4) is 5.75 Å². The molecule has 0 fully saturated rings. The molecule has 170 valence electrons. The van der Waals surface area contributed by atoms with Gasteiger partial charge in [-0.3, -0.25) is 0 Å². The predicted octanol–water partition coefficient (Wildman–Crippen LogP) is 6.97. The zero-order chi connectivity index (χ0) is 23.1. The molecule has 2 N–H and O–H groups in total. The summed E-state index contributed by atoms with van der Waals surface area (Å²) < 4.78 is 46.2. The van der Waals surface area contributed by atoms with E-state index >= 15 is 0 Å². The Bertz CT molecular complexity index is 1020. The minimum absolute atomic E-state index is 0.0565. The number of hydrogen-bond acceptors (Lipinski definition) is 5. The first-order valence-corrected chi connectivity index (χ1v) is 10.5. The molecule has 0 aliphatic carbocycles. The van der Waals surface area contributed by atoms with Gasteiger partial charge in [0, 0.05) is 17.6 Å². The molecule has 0 bridgehead atoms. The fourth-order valence-corrected chi connectivity index (χ4v) is 3.00. The van der Waals surface area contributed by atoms with Crippen LogP contribution in [-0.4, -0.2) is 16.6 Å². The van der Waals surface area contributed by atoms with Crippen LogP contribution in [0.3, 0.4) is 0 Å². The maximum atomic E-state index is 13.5. The van der Waals surface area contributed by atoms with Gasteiger partial charge < -0.3 is 15.4 Å². The number of anilines is 4. The molecule has 0 radical (unpaired) electrons. The fraction of sp³-hybridized carbons (Fsp3) is 0.333. The van der Waals surface area contributed by atoms with Crippen LogP contribution < -0.4 is 15.4 Å². The number of hydrogen-bond donors (Lipinski definition) is 2. The maximum Gasteiger partial charge on any atom is 0.421 e. The Morgan fingerprint density at radius 3 is 2.41 bits per heavy atom. The highest BCUT2D eigenvalue weighted by atomic mass is 19.4. The quantitative estimate of drug-likeness (QED) is 0.373. The Kier molecular flexibility index (Phi) is 7.56. The van der Waals surface area contributed by atoms with Gasteiger partial charge in [0.1, 0.15) is 17.1 Å². The Hall–Kier alpha value is -3.29. The molecular weight excluding hydrogens is 417 g/mol. The van der Waals surface area contributed by atoms with Gasteiger partial charge in [0.05, 0.1) is 6.61 Å². The number of nitrogens with one attached hydrogen (secondary N) is 2. The van der Waals surface area contributed by atoms with Gasteiger partial charge in [-0.05, 0) is 54.3 Å². The molecule has 0 saturated heterocycles. The van der Waals surface area contributed by atoms with Crippen molar-refractivity contribution in [1.82, 2.24) is 9.97 Å². The summed E-state index contributed by atoms with van der Waals surface area (Å²) in [4.78, 5) is 7.96. The molecular formula is C24H27F3N4O. The van der Waals surface area contributed by atoms with Gasteiger partial charge in [0.25, 0.3) is 0 Å². The van der Waals surface area contributed by atoms with Crippen molar-refractivity contribution in [1.29, 1.82) is 0 Å². The van der Waals surface area contributed by atoms with Crippen molar-refractivity contribution < 1.29 is 17.9 Å². The molecule has 0 unspecified atom stereocenters. The van der Waals surface area contributed by atoms with Crippen LogP contribution in [-0.2, 0) is 12.6 Å². The van der Waals surface area contributed by atoms with Crippen molar-refractivity contribution in [3.05, 3.63) is 65.9 Å². The molecule has 2 aromatic carbocycles. The summed E-state index contributed by atoms with van der Waals surface area (Å²) >= 11 is 0. The summed E-state index contributed by atoms with van der Waals surface area (Å²) in [5.74, 6) is 0.871. The van der Waals surface area contributed by atoms with E-state index in [9.17, 15) is 13.2 Å². The van der Waals surface area contributed by atoms with Gasteiger partial charge in [0.2, 0.25) is 5.95 Å². The van der Waals surface area contributed by atoms with Crippen molar-refractivity contribution in [2.45, 2.75) is 39.8 Å². The van der Waals surface area contributed by atoms with Gasteiger partial charge in [0.15, 0.2) is 0 Å². The van der Waals surface area contributed by atoms with Crippen molar-refractivity contribution in [2.24, 2.45) is 5.92 Å². The second-order valence-electron chi connectivity index (χ2n) is 7.88. The summed E-state index contributed by atoms with van der Waals surface area (Å²) in [5, 5.41) is 5.76. The first-order valence-electron chi connectivity index (χ1n) is 10.5. The number of aryl methyl sites for hydroxylation is 1. The maximum absolute atomic E-state index is 13.5. The molecule has 3 aromatic rings. The monoisotopic (exact) mass is 444 g/mol. The molecule has 5 nitrogen and oxygen atoms in total. The molecule has 3 rings (SSSR count).